The van der Waals surface area contributed by atoms with Gasteiger partial charge in [-0.15, -0.1) is 0 Å². The van der Waals surface area contributed by atoms with Gasteiger partial charge in [-0.25, -0.2) is 9.59 Å². The molecule has 194 valence electrons. The SMILES string of the molecule is COc1ccc(NC(=O)COC(=O)c2ccccc2C(=O)O[C@@H]2C[C@H](C)CC[C@H]2C(C)C)c(OC)c1. The van der Waals surface area contributed by atoms with Gasteiger partial charge in [0.25, 0.3) is 5.91 Å². The zero-order valence-corrected chi connectivity index (χ0v) is 21.5. The van der Waals surface area contributed by atoms with Crippen LogP contribution in [0.5, 0.6) is 11.5 Å². The molecule has 36 heavy (non-hydrogen) atoms. The molecule has 0 aliphatic heterocycles. The number of ether oxygens (including phenoxy) is 4. The summed E-state index contributed by atoms with van der Waals surface area (Å²) in [5.74, 6) is 0.225. The molecule has 8 heteroatoms. The summed E-state index contributed by atoms with van der Waals surface area (Å²) in [6.07, 6.45) is 2.73. The van der Waals surface area contributed by atoms with Gasteiger partial charge in [0.1, 0.15) is 17.6 Å². The predicted octanol–water partition coefficient (Wildman–Crippen LogP) is 5.12. The molecule has 2 aromatic carbocycles. The van der Waals surface area contributed by atoms with Crippen LogP contribution < -0.4 is 14.8 Å². The van der Waals surface area contributed by atoms with Gasteiger partial charge in [-0.05, 0) is 54.9 Å². The zero-order valence-electron chi connectivity index (χ0n) is 21.5. The summed E-state index contributed by atoms with van der Waals surface area (Å²) in [5.41, 5.74) is 0.590. The molecule has 3 rings (SSSR count). The second kappa shape index (κ2) is 12.4. The summed E-state index contributed by atoms with van der Waals surface area (Å²) < 4.78 is 21.5. The van der Waals surface area contributed by atoms with Gasteiger partial charge in [0.05, 0.1) is 31.0 Å². The van der Waals surface area contributed by atoms with Crippen LogP contribution in [0.2, 0.25) is 0 Å². The van der Waals surface area contributed by atoms with E-state index in [1.54, 1.807) is 30.3 Å². The first-order chi connectivity index (χ1) is 17.2. The molecule has 0 saturated heterocycles. The van der Waals surface area contributed by atoms with E-state index in [0.29, 0.717) is 29.0 Å². The first-order valence-electron chi connectivity index (χ1n) is 12.2. The average molecular weight is 498 g/mol. The Balaban J connectivity index is 1.65. The van der Waals surface area contributed by atoms with Gasteiger partial charge < -0.3 is 24.3 Å². The fourth-order valence-corrected chi connectivity index (χ4v) is 4.59. The molecule has 1 amide bonds. The van der Waals surface area contributed by atoms with Gasteiger partial charge in [-0.2, -0.15) is 0 Å². The Morgan fingerprint density at radius 2 is 1.67 bits per heavy atom. The van der Waals surface area contributed by atoms with Crippen molar-refractivity contribution in [2.75, 3.05) is 26.1 Å². The van der Waals surface area contributed by atoms with Crippen LogP contribution in [-0.2, 0) is 14.3 Å². The second-order valence-corrected chi connectivity index (χ2v) is 9.51. The van der Waals surface area contributed by atoms with Gasteiger partial charge in [0.15, 0.2) is 6.61 Å². The number of amides is 1. The van der Waals surface area contributed by atoms with Crippen LogP contribution in [0.1, 0.15) is 60.7 Å². The van der Waals surface area contributed by atoms with E-state index in [1.807, 2.05) is 0 Å². The highest BCUT2D eigenvalue weighted by molar-refractivity contribution is 6.04. The lowest BCUT2D eigenvalue weighted by Crippen LogP contribution is -2.36. The molecule has 1 aliphatic carbocycles. The van der Waals surface area contributed by atoms with E-state index >= 15 is 0 Å². The van der Waals surface area contributed by atoms with Crippen LogP contribution in [0, 0.1) is 17.8 Å². The van der Waals surface area contributed by atoms with Crippen LogP contribution in [-0.4, -0.2) is 44.8 Å². The lowest BCUT2D eigenvalue weighted by atomic mass is 9.75. The summed E-state index contributed by atoms with van der Waals surface area (Å²) in [5, 5.41) is 2.64. The number of hydrogen-bond acceptors (Lipinski definition) is 7. The largest absolute Gasteiger partial charge is 0.497 e. The highest BCUT2D eigenvalue weighted by Gasteiger charge is 2.34. The molecule has 1 saturated carbocycles. The predicted molar refractivity (Wildman–Crippen MR) is 135 cm³/mol. The molecule has 2 aromatic rings. The van der Waals surface area contributed by atoms with Crippen molar-refractivity contribution in [3.63, 3.8) is 0 Å². The Bertz CT molecular complexity index is 1080. The molecule has 8 nitrogen and oxygen atoms in total. The van der Waals surface area contributed by atoms with Crippen molar-refractivity contribution >= 4 is 23.5 Å². The monoisotopic (exact) mass is 497 g/mol. The van der Waals surface area contributed by atoms with E-state index in [2.05, 4.69) is 26.1 Å². The van der Waals surface area contributed by atoms with Gasteiger partial charge >= 0.3 is 11.9 Å². The number of hydrogen-bond donors (Lipinski definition) is 1. The van der Waals surface area contributed by atoms with Crippen molar-refractivity contribution in [1.82, 2.24) is 0 Å². The third-order valence-electron chi connectivity index (χ3n) is 6.60. The molecule has 0 radical (unpaired) electrons. The van der Waals surface area contributed by atoms with E-state index in [-0.39, 0.29) is 23.1 Å². The molecule has 0 heterocycles. The number of nitrogens with one attached hydrogen (secondary N) is 1. The lowest BCUT2D eigenvalue weighted by molar-refractivity contribution is -0.119. The van der Waals surface area contributed by atoms with Crippen molar-refractivity contribution in [1.29, 1.82) is 0 Å². The van der Waals surface area contributed by atoms with E-state index in [9.17, 15) is 14.4 Å². The van der Waals surface area contributed by atoms with Crippen molar-refractivity contribution in [3.05, 3.63) is 53.6 Å². The molecule has 0 unspecified atom stereocenters. The van der Waals surface area contributed by atoms with Gasteiger partial charge in [-0.1, -0.05) is 39.3 Å². The highest BCUT2D eigenvalue weighted by atomic mass is 16.5. The molecule has 1 N–H and O–H groups in total. The minimum atomic E-state index is -0.781. The first-order valence-corrected chi connectivity index (χ1v) is 12.2. The summed E-state index contributed by atoms with van der Waals surface area (Å²) >= 11 is 0. The van der Waals surface area contributed by atoms with Crippen molar-refractivity contribution in [2.24, 2.45) is 17.8 Å². The normalized spacial score (nSPS) is 19.3. The van der Waals surface area contributed by atoms with Crippen LogP contribution in [0.25, 0.3) is 0 Å². The van der Waals surface area contributed by atoms with E-state index < -0.39 is 24.5 Å². The number of benzene rings is 2. The minimum Gasteiger partial charge on any atom is -0.497 e. The fraction of sp³-hybridized carbons (Fsp3) is 0.464. The third-order valence-corrected chi connectivity index (χ3v) is 6.60. The number of carbonyl (C=O) groups is 3. The molecule has 1 aliphatic rings. The standard InChI is InChI=1S/C28H35NO7/c1-17(2)20-12-10-18(3)14-24(20)36-28(32)22-9-7-6-8-21(22)27(31)35-16-26(30)29-23-13-11-19(33-4)15-25(23)34-5/h6-9,11,13,15,17-18,20,24H,10,12,14,16H2,1-5H3,(H,29,30)/t18-,20+,24-/m1/s1. The summed E-state index contributed by atoms with van der Waals surface area (Å²) in [7, 11) is 3.00. The molecular formula is C28H35NO7. The van der Waals surface area contributed by atoms with E-state index in [0.717, 1.165) is 19.3 Å². The Kier molecular flexibility index (Phi) is 9.33. The molecule has 0 aromatic heterocycles. The van der Waals surface area contributed by atoms with Gasteiger partial charge in [0.2, 0.25) is 0 Å². The minimum absolute atomic E-state index is 0.0577. The van der Waals surface area contributed by atoms with Crippen molar-refractivity contribution < 1.29 is 33.3 Å². The summed E-state index contributed by atoms with van der Waals surface area (Å²) in [4.78, 5) is 38.3. The third kappa shape index (κ3) is 6.77. The maximum absolute atomic E-state index is 13.1. The molecule has 0 bridgehead atoms. The average Bonchev–Trinajstić information content (AvgIpc) is 2.87. The summed E-state index contributed by atoms with van der Waals surface area (Å²) in [6.45, 7) is 5.90. The fourth-order valence-electron chi connectivity index (χ4n) is 4.59. The number of carbonyl (C=O) groups excluding carboxylic acids is 3. The number of anilines is 1. The van der Waals surface area contributed by atoms with E-state index in [4.69, 9.17) is 18.9 Å². The Morgan fingerprint density at radius 1 is 0.972 bits per heavy atom. The highest BCUT2D eigenvalue weighted by Crippen LogP contribution is 2.36. The molecule has 3 atom stereocenters. The lowest BCUT2D eigenvalue weighted by Gasteiger charge is -2.36. The van der Waals surface area contributed by atoms with Gasteiger partial charge in [0, 0.05) is 6.07 Å². The molecular weight excluding hydrogens is 462 g/mol. The zero-order chi connectivity index (χ0) is 26.2. The van der Waals surface area contributed by atoms with Crippen LogP contribution in [0.15, 0.2) is 42.5 Å². The maximum Gasteiger partial charge on any atom is 0.339 e. The Morgan fingerprint density at radius 3 is 2.31 bits per heavy atom. The number of esters is 2. The van der Waals surface area contributed by atoms with Gasteiger partial charge in [-0.3, -0.25) is 4.79 Å². The van der Waals surface area contributed by atoms with Crippen molar-refractivity contribution in [3.8, 4) is 11.5 Å². The smallest absolute Gasteiger partial charge is 0.339 e. The second-order valence-electron chi connectivity index (χ2n) is 9.51. The van der Waals surface area contributed by atoms with Crippen molar-refractivity contribution in [2.45, 2.75) is 46.1 Å². The molecule has 0 spiro atoms. The molecule has 1 fully saturated rings. The topological polar surface area (TPSA) is 100 Å². The van der Waals surface area contributed by atoms with Crippen LogP contribution in [0.4, 0.5) is 5.69 Å². The van der Waals surface area contributed by atoms with Crippen LogP contribution in [0.3, 0.4) is 0 Å². The maximum atomic E-state index is 13.1. The Hall–Kier alpha value is -3.55. The Labute approximate surface area is 212 Å². The van der Waals surface area contributed by atoms with E-state index in [1.165, 1.54) is 26.4 Å². The van der Waals surface area contributed by atoms with Crippen LogP contribution >= 0.6 is 0 Å². The first kappa shape index (κ1) is 27.0. The summed E-state index contributed by atoms with van der Waals surface area (Å²) in [6, 6.07) is 11.3. The quantitative estimate of drug-likeness (QED) is 0.480. The number of rotatable bonds is 9. The number of methoxy groups -OCH3 is 2.